The Kier molecular flexibility index (Phi) is 6.17. The smallest absolute Gasteiger partial charge is 0.253 e. The van der Waals surface area contributed by atoms with Gasteiger partial charge in [-0.05, 0) is 74.7 Å². The van der Waals surface area contributed by atoms with E-state index >= 15 is 0 Å². The van der Waals surface area contributed by atoms with Gasteiger partial charge >= 0.3 is 0 Å². The normalized spacial score (nSPS) is 11.7. The van der Waals surface area contributed by atoms with E-state index in [1.165, 1.54) is 0 Å². The van der Waals surface area contributed by atoms with E-state index in [0.29, 0.717) is 11.1 Å². The lowest BCUT2D eigenvalue weighted by Gasteiger charge is -2.18. The summed E-state index contributed by atoms with van der Waals surface area (Å²) in [6.07, 6.45) is -0.136. The molecule has 150 valence electrons. The van der Waals surface area contributed by atoms with E-state index in [4.69, 9.17) is 4.74 Å². The molecule has 0 aliphatic carbocycles. The van der Waals surface area contributed by atoms with Gasteiger partial charge in [0.05, 0.1) is 0 Å². The van der Waals surface area contributed by atoms with Gasteiger partial charge in [0.1, 0.15) is 11.9 Å². The fourth-order valence-corrected chi connectivity index (χ4v) is 3.41. The first kappa shape index (κ1) is 20.4. The van der Waals surface area contributed by atoms with Gasteiger partial charge in [-0.25, -0.2) is 0 Å². The molecule has 0 spiro atoms. The van der Waals surface area contributed by atoms with E-state index < -0.39 is 0 Å². The number of nitrogens with one attached hydrogen (secondary N) is 2. The van der Waals surface area contributed by atoms with Crippen molar-refractivity contribution in [2.24, 2.45) is 0 Å². The fraction of sp³-hybridized carbons (Fsp3) is 0.250. The lowest BCUT2D eigenvalue weighted by Crippen LogP contribution is -2.28. The van der Waals surface area contributed by atoms with Crippen molar-refractivity contribution < 1.29 is 9.53 Å². The molecule has 0 radical (unpaired) electrons. The molecular weight excluding hydrogens is 364 g/mol. The maximum absolute atomic E-state index is 12.6. The van der Waals surface area contributed by atoms with Gasteiger partial charge in [0.2, 0.25) is 0 Å². The van der Waals surface area contributed by atoms with Gasteiger partial charge in [-0.2, -0.15) is 0 Å². The molecule has 1 unspecified atom stereocenters. The van der Waals surface area contributed by atoms with Crippen LogP contribution < -0.4 is 15.6 Å². The summed E-state index contributed by atoms with van der Waals surface area (Å²) in [5.41, 5.74) is 4.63. The molecule has 1 heterocycles. The third kappa shape index (κ3) is 4.93. The van der Waals surface area contributed by atoms with E-state index in [-0.39, 0.29) is 24.1 Å². The topological polar surface area (TPSA) is 71.2 Å². The van der Waals surface area contributed by atoms with Crippen LogP contribution in [0, 0.1) is 20.8 Å². The number of hydrogen-bond donors (Lipinski definition) is 2. The summed E-state index contributed by atoms with van der Waals surface area (Å²) in [5.74, 6) is 0.593. The second-order valence-corrected chi connectivity index (χ2v) is 7.27. The Morgan fingerprint density at radius 3 is 2.41 bits per heavy atom. The summed E-state index contributed by atoms with van der Waals surface area (Å²) in [6.45, 7) is 7.85. The highest BCUT2D eigenvalue weighted by atomic mass is 16.5. The second-order valence-electron chi connectivity index (χ2n) is 7.27. The SMILES string of the molecule is Cc1cc(C)c(CNC(=O)c2ccc(C(C)Oc3ccccc3)c(C)c2)c(=O)[nH]1. The minimum atomic E-state index is -0.212. The van der Waals surface area contributed by atoms with Crippen molar-refractivity contribution in [1.29, 1.82) is 0 Å². The van der Waals surface area contributed by atoms with Crippen molar-refractivity contribution in [1.82, 2.24) is 10.3 Å². The molecule has 0 aliphatic rings. The number of aryl methyl sites for hydroxylation is 3. The van der Waals surface area contributed by atoms with Crippen LogP contribution in [-0.4, -0.2) is 10.9 Å². The molecule has 0 saturated heterocycles. The number of amides is 1. The van der Waals surface area contributed by atoms with Gasteiger partial charge in [0.25, 0.3) is 11.5 Å². The lowest BCUT2D eigenvalue weighted by atomic mass is 10.0. The number of rotatable bonds is 6. The largest absolute Gasteiger partial charge is 0.486 e. The zero-order valence-electron chi connectivity index (χ0n) is 17.2. The molecule has 29 heavy (non-hydrogen) atoms. The van der Waals surface area contributed by atoms with E-state index in [2.05, 4.69) is 10.3 Å². The molecular formula is C24H26N2O3. The van der Waals surface area contributed by atoms with Crippen LogP contribution >= 0.6 is 0 Å². The number of hydrogen-bond acceptors (Lipinski definition) is 3. The number of carbonyl (C=O) groups excluding carboxylic acids is 1. The minimum absolute atomic E-state index is 0.136. The fourth-order valence-electron chi connectivity index (χ4n) is 3.41. The molecule has 1 amide bonds. The number of para-hydroxylation sites is 1. The van der Waals surface area contributed by atoms with Crippen LogP contribution in [0.15, 0.2) is 59.4 Å². The average molecular weight is 390 g/mol. The summed E-state index contributed by atoms with van der Waals surface area (Å²) >= 11 is 0. The Morgan fingerprint density at radius 1 is 1.03 bits per heavy atom. The number of pyridine rings is 1. The summed E-state index contributed by atoms with van der Waals surface area (Å²) in [6, 6.07) is 17.1. The molecule has 2 aromatic carbocycles. The standard InChI is InChI=1S/C24H26N2O3/c1-15-12-17(3)26-24(28)22(15)14-25-23(27)19-10-11-21(16(2)13-19)18(4)29-20-8-6-5-7-9-20/h5-13,18H,14H2,1-4H3,(H,25,27)(H,26,28). The van der Waals surface area contributed by atoms with Crippen molar-refractivity contribution >= 4 is 5.91 Å². The Labute approximate surface area is 170 Å². The third-order valence-electron chi connectivity index (χ3n) is 4.95. The van der Waals surface area contributed by atoms with Crippen molar-refractivity contribution in [3.8, 4) is 5.75 Å². The Morgan fingerprint density at radius 2 is 1.76 bits per heavy atom. The predicted octanol–water partition coefficient (Wildman–Crippen LogP) is 4.37. The maximum Gasteiger partial charge on any atom is 0.253 e. The highest BCUT2D eigenvalue weighted by molar-refractivity contribution is 5.94. The highest BCUT2D eigenvalue weighted by Crippen LogP contribution is 2.24. The first-order valence-corrected chi connectivity index (χ1v) is 9.65. The van der Waals surface area contributed by atoms with E-state index in [1.54, 1.807) is 6.07 Å². The lowest BCUT2D eigenvalue weighted by molar-refractivity contribution is 0.0950. The van der Waals surface area contributed by atoms with Crippen LogP contribution in [0.2, 0.25) is 0 Å². The summed E-state index contributed by atoms with van der Waals surface area (Å²) < 4.78 is 5.98. The Hall–Kier alpha value is -3.34. The van der Waals surface area contributed by atoms with Crippen molar-refractivity contribution in [2.45, 2.75) is 40.3 Å². The van der Waals surface area contributed by atoms with Gasteiger partial charge in [-0.15, -0.1) is 0 Å². The van der Waals surface area contributed by atoms with Gasteiger partial charge in [-0.3, -0.25) is 9.59 Å². The summed E-state index contributed by atoms with van der Waals surface area (Å²) in [7, 11) is 0. The van der Waals surface area contributed by atoms with E-state index in [9.17, 15) is 9.59 Å². The predicted molar refractivity (Wildman–Crippen MR) is 114 cm³/mol. The second kappa shape index (κ2) is 8.78. The monoisotopic (exact) mass is 390 g/mol. The zero-order valence-corrected chi connectivity index (χ0v) is 17.2. The van der Waals surface area contributed by atoms with Crippen LogP contribution in [0.3, 0.4) is 0 Å². The first-order chi connectivity index (χ1) is 13.8. The van der Waals surface area contributed by atoms with Crippen molar-refractivity contribution in [2.75, 3.05) is 0 Å². The number of carbonyl (C=O) groups is 1. The third-order valence-corrected chi connectivity index (χ3v) is 4.95. The maximum atomic E-state index is 12.6. The van der Waals surface area contributed by atoms with Gasteiger partial charge in [0, 0.05) is 23.4 Å². The molecule has 0 fully saturated rings. The average Bonchev–Trinajstić information content (AvgIpc) is 2.67. The molecule has 0 bridgehead atoms. The number of benzene rings is 2. The highest BCUT2D eigenvalue weighted by Gasteiger charge is 2.14. The molecule has 0 saturated carbocycles. The molecule has 0 aliphatic heterocycles. The zero-order chi connectivity index (χ0) is 21.0. The van der Waals surface area contributed by atoms with E-state index in [0.717, 1.165) is 28.1 Å². The Balaban J connectivity index is 1.69. The van der Waals surface area contributed by atoms with Gasteiger partial charge < -0.3 is 15.0 Å². The number of aromatic nitrogens is 1. The number of aromatic amines is 1. The van der Waals surface area contributed by atoms with Crippen LogP contribution in [-0.2, 0) is 6.54 Å². The van der Waals surface area contributed by atoms with Crippen LogP contribution in [0.5, 0.6) is 5.75 Å². The van der Waals surface area contributed by atoms with Gasteiger partial charge in [-0.1, -0.05) is 24.3 Å². The van der Waals surface area contributed by atoms with Crippen LogP contribution in [0.25, 0.3) is 0 Å². The van der Waals surface area contributed by atoms with E-state index in [1.807, 2.05) is 76.2 Å². The molecule has 1 aromatic heterocycles. The summed E-state index contributed by atoms with van der Waals surface area (Å²) in [4.78, 5) is 27.5. The van der Waals surface area contributed by atoms with Crippen LogP contribution in [0.4, 0.5) is 0 Å². The molecule has 2 N–H and O–H groups in total. The van der Waals surface area contributed by atoms with Crippen molar-refractivity contribution in [3.63, 3.8) is 0 Å². The quantitative estimate of drug-likeness (QED) is 0.656. The number of ether oxygens (including phenoxy) is 1. The van der Waals surface area contributed by atoms with Crippen LogP contribution in [0.1, 0.15) is 51.3 Å². The first-order valence-electron chi connectivity index (χ1n) is 9.65. The Bertz CT molecular complexity index is 1070. The molecule has 3 aromatic rings. The molecule has 1 atom stereocenters. The molecule has 3 rings (SSSR count). The summed E-state index contributed by atoms with van der Waals surface area (Å²) in [5, 5.41) is 2.84. The van der Waals surface area contributed by atoms with Crippen molar-refractivity contribution in [3.05, 3.63) is 98.5 Å². The molecule has 5 heteroatoms. The minimum Gasteiger partial charge on any atom is -0.486 e. The molecule has 5 nitrogen and oxygen atoms in total. The van der Waals surface area contributed by atoms with Gasteiger partial charge in [0.15, 0.2) is 0 Å². The number of H-pyrrole nitrogens is 1.